The molecule has 2 aromatic carbocycles. The number of anilines is 1. The number of carbonyl (C=O) groups excluding carboxylic acids is 2. The largest absolute Gasteiger partial charge is 0.351 e. The molecule has 5 nitrogen and oxygen atoms in total. The molecule has 0 atom stereocenters. The number of nitrogens with one attached hydrogen (secondary N) is 2. The van der Waals surface area contributed by atoms with E-state index in [2.05, 4.69) is 10.6 Å². The van der Waals surface area contributed by atoms with Crippen molar-refractivity contribution in [1.29, 1.82) is 5.26 Å². The minimum absolute atomic E-state index is 0.149. The van der Waals surface area contributed by atoms with Crippen molar-refractivity contribution in [3.63, 3.8) is 0 Å². The number of benzene rings is 2. The molecule has 2 rings (SSSR count). The highest BCUT2D eigenvalue weighted by molar-refractivity contribution is 6.04. The first kappa shape index (κ1) is 17.2. The molecule has 0 saturated heterocycles. The first-order chi connectivity index (χ1) is 11.5. The van der Waals surface area contributed by atoms with Crippen LogP contribution in [-0.2, 0) is 11.3 Å². The van der Waals surface area contributed by atoms with E-state index in [4.69, 9.17) is 5.26 Å². The Bertz CT molecular complexity index is 789. The van der Waals surface area contributed by atoms with Crippen molar-refractivity contribution in [3.8, 4) is 6.07 Å². The van der Waals surface area contributed by atoms with E-state index in [1.54, 1.807) is 24.3 Å². The van der Waals surface area contributed by atoms with Gasteiger partial charge in [0.2, 0.25) is 5.91 Å². The van der Waals surface area contributed by atoms with Crippen LogP contribution in [0, 0.1) is 25.2 Å². The number of carbonyl (C=O) groups is 2. The van der Waals surface area contributed by atoms with Crippen molar-refractivity contribution in [2.75, 3.05) is 5.32 Å². The average molecular weight is 321 g/mol. The fourth-order valence-electron chi connectivity index (χ4n) is 2.13. The first-order valence-electron chi connectivity index (χ1n) is 7.61. The molecule has 0 radical (unpaired) electrons. The van der Waals surface area contributed by atoms with E-state index in [1.807, 2.05) is 38.1 Å². The average Bonchev–Trinajstić information content (AvgIpc) is 2.57. The molecular weight excluding hydrogens is 302 g/mol. The Hall–Kier alpha value is -3.13. The monoisotopic (exact) mass is 321 g/mol. The Morgan fingerprint density at radius 1 is 1.04 bits per heavy atom. The summed E-state index contributed by atoms with van der Waals surface area (Å²) in [6.07, 6.45) is -0.149. The van der Waals surface area contributed by atoms with Gasteiger partial charge in [-0.25, -0.2) is 0 Å². The summed E-state index contributed by atoms with van der Waals surface area (Å²) in [5.41, 5.74) is 4.42. The minimum atomic E-state index is -0.301. The van der Waals surface area contributed by atoms with Gasteiger partial charge in [0, 0.05) is 17.8 Å². The number of nitrogens with zero attached hydrogens (tertiary/aromatic N) is 1. The normalized spacial score (nSPS) is 9.88. The first-order valence-corrected chi connectivity index (χ1v) is 7.61. The van der Waals surface area contributed by atoms with E-state index >= 15 is 0 Å². The van der Waals surface area contributed by atoms with Crippen LogP contribution in [0.2, 0.25) is 0 Å². The third kappa shape index (κ3) is 4.68. The van der Waals surface area contributed by atoms with E-state index in [0.717, 1.165) is 16.7 Å². The Labute approximate surface area is 141 Å². The Morgan fingerprint density at radius 3 is 2.38 bits per heavy atom. The molecule has 0 heterocycles. The van der Waals surface area contributed by atoms with Crippen molar-refractivity contribution in [1.82, 2.24) is 5.32 Å². The fraction of sp³-hybridized carbons (Fsp3) is 0.211. The van der Waals surface area contributed by atoms with Gasteiger partial charge < -0.3 is 10.6 Å². The van der Waals surface area contributed by atoms with Crippen LogP contribution < -0.4 is 10.6 Å². The van der Waals surface area contributed by atoms with Crippen LogP contribution in [0.5, 0.6) is 0 Å². The standard InChI is InChI=1S/C19H19N3O2/c1-13-3-6-16(11-14(13)2)19(24)22-17-7-4-15(5-8-17)12-21-18(23)9-10-20/h3-8,11H,9,12H2,1-2H3,(H,21,23)(H,22,24). The van der Waals surface area contributed by atoms with Gasteiger partial charge in [-0.3, -0.25) is 9.59 Å². The van der Waals surface area contributed by atoms with Gasteiger partial charge in [0.1, 0.15) is 6.42 Å². The minimum Gasteiger partial charge on any atom is -0.351 e. The summed E-state index contributed by atoms with van der Waals surface area (Å²) in [6.45, 7) is 4.33. The maximum Gasteiger partial charge on any atom is 0.255 e. The summed E-state index contributed by atoms with van der Waals surface area (Å²) >= 11 is 0. The summed E-state index contributed by atoms with van der Waals surface area (Å²) in [5.74, 6) is -0.460. The Morgan fingerprint density at radius 2 is 1.75 bits per heavy atom. The lowest BCUT2D eigenvalue weighted by molar-refractivity contribution is -0.120. The highest BCUT2D eigenvalue weighted by Gasteiger charge is 2.07. The van der Waals surface area contributed by atoms with Crippen LogP contribution in [0.3, 0.4) is 0 Å². The van der Waals surface area contributed by atoms with Crippen molar-refractivity contribution in [2.24, 2.45) is 0 Å². The highest BCUT2D eigenvalue weighted by Crippen LogP contribution is 2.14. The topological polar surface area (TPSA) is 82.0 Å². The molecule has 2 amide bonds. The van der Waals surface area contributed by atoms with E-state index in [1.165, 1.54) is 0 Å². The van der Waals surface area contributed by atoms with Crippen LogP contribution in [0.4, 0.5) is 5.69 Å². The zero-order valence-electron chi connectivity index (χ0n) is 13.7. The third-order valence-electron chi connectivity index (χ3n) is 3.71. The predicted octanol–water partition coefficient (Wildman–Crippen LogP) is 3.09. The van der Waals surface area contributed by atoms with Gasteiger partial charge in [-0.15, -0.1) is 0 Å². The molecule has 2 N–H and O–H groups in total. The SMILES string of the molecule is Cc1ccc(C(=O)Nc2ccc(CNC(=O)CC#N)cc2)cc1C. The third-order valence-corrected chi connectivity index (χ3v) is 3.71. The molecule has 0 unspecified atom stereocenters. The number of amides is 2. The summed E-state index contributed by atoms with van der Waals surface area (Å²) in [7, 11) is 0. The summed E-state index contributed by atoms with van der Waals surface area (Å²) in [5, 5.41) is 13.9. The summed E-state index contributed by atoms with van der Waals surface area (Å²) in [4.78, 5) is 23.5. The van der Waals surface area contributed by atoms with E-state index < -0.39 is 0 Å². The molecule has 0 aliphatic heterocycles. The summed E-state index contributed by atoms with van der Waals surface area (Å²) in [6, 6.07) is 14.6. The van der Waals surface area contributed by atoms with E-state index in [9.17, 15) is 9.59 Å². The molecule has 5 heteroatoms. The second-order valence-corrected chi connectivity index (χ2v) is 5.56. The zero-order valence-corrected chi connectivity index (χ0v) is 13.7. The maximum atomic E-state index is 12.3. The molecule has 0 aliphatic rings. The van der Waals surface area contributed by atoms with Gasteiger partial charge in [0.05, 0.1) is 6.07 Å². The quantitative estimate of drug-likeness (QED) is 0.888. The number of nitriles is 1. The van der Waals surface area contributed by atoms with Gasteiger partial charge in [-0.05, 0) is 54.8 Å². The molecular formula is C19H19N3O2. The highest BCUT2D eigenvalue weighted by atomic mass is 16.2. The summed E-state index contributed by atoms with van der Waals surface area (Å²) < 4.78 is 0. The fourth-order valence-corrected chi connectivity index (χ4v) is 2.13. The van der Waals surface area contributed by atoms with Gasteiger partial charge in [0.15, 0.2) is 0 Å². The lowest BCUT2D eigenvalue weighted by Crippen LogP contribution is -2.21. The Kier molecular flexibility index (Phi) is 5.69. The number of aryl methyl sites for hydroxylation is 2. The molecule has 0 fully saturated rings. The molecule has 0 saturated carbocycles. The smallest absolute Gasteiger partial charge is 0.255 e. The second kappa shape index (κ2) is 7.93. The lowest BCUT2D eigenvalue weighted by Gasteiger charge is -2.08. The van der Waals surface area contributed by atoms with Crippen LogP contribution in [0.15, 0.2) is 42.5 Å². The van der Waals surface area contributed by atoms with Crippen LogP contribution >= 0.6 is 0 Å². The predicted molar refractivity (Wildman–Crippen MR) is 92.4 cm³/mol. The van der Waals surface area contributed by atoms with Gasteiger partial charge >= 0.3 is 0 Å². The number of hydrogen-bond acceptors (Lipinski definition) is 3. The van der Waals surface area contributed by atoms with Crippen molar-refractivity contribution >= 4 is 17.5 Å². The molecule has 122 valence electrons. The van der Waals surface area contributed by atoms with Crippen LogP contribution in [0.25, 0.3) is 0 Å². The molecule has 0 aliphatic carbocycles. The van der Waals surface area contributed by atoms with Crippen LogP contribution in [-0.4, -0.2) is 11.8 Å². The zero-order chi connectivity index (χ0) is 17.5. The molecule has 24 heavy (non-hydrogen) atoms. The Balaban J connectivity index is 1.96. The van der Waals surface area contributed by atoms with Gasteiger partial charge in [-0.1, -0.05) is 18.2 Å². The molecule has 0 spiro atoms. The molecule has 0 aromatic heterocycles. The number of hydrogen-bond donors (Lipinski definition) is 2. The van der Waals surface area contributed by atoms with Crippen molar-refractivity contribution in [3.05, 3.63) is 64.7 Å². The van der Waals surface area contributed by atoms with Crippen molar-refractivity contribution < 1.29 is 9.59 Å². The maximum absolute atomic E-state index is 12.3. The lowest BCUT2D eigenvalue weighted by atomic mass is 10.1. The van der Waals surface area contributed by atoms with E-state index in [-0.39, 0.29) is 18.2 Å². The second-order valence-electron chi connectivity index (χ2n) is 5.56. The van der Waals surface area contributed by atoms with Gasteiger partial charge in [-0.2, -0.15) is 5.26 Å². The molecule has 0 bridgehead atoms. The number of rotatable bonds is 5. The van der Waals surface area contributed by atoms with Crippen molar-refractivity contribution in [2.45, 2.75) is 26.8 Å². The van der Waals surface area contributed by atoms with Crippen LogP contribution in [0.1, 0.15) is 33.5 Å². The van der Waals surface area contributed by atoms with Gasteiger partial charge in [0.25, 0.3) is 5.91 Å². The molecule has 2 aromatic rings. The van der Waals surface area contributed by atoms with E-state index in [0.29, 0.717) is 17.8 Å².